The summed E-state index contributed by atoms with van der Waals surface area (Å²) >= 11 is 0. The van der Waals surface area contributed by atoms with Gasteiger partial charge in [-0.3, -0.25) is 4.79 Å². The Kier molecular flexibility index (Phi) is 4.71. The number of fused-ring (bicyclic) bond motifs is 2. The van der Waals surface area contributed by atoms with E-state index in [2.05, 4.69) is 5.10 Å². The summed E-state index contributed by atoms with van der Waals surface area (Å²) in [6.07, 6.45) is 1.74. The Morgan fingerprint density at radius 3 is 2.62 bits per heavy atom. The van der Waals surface area contributed by atoms with Crippen LogP contribution in [-0.2, 0) is 14.8 Å². The van der Waals surface area contributed by atoms with E-state index in [1.54, 1.807) is 24.3 Å². The van der Waals surface area contributed by atoms with Gasteiger partial charge in [0.25, 0.3) is 10.0 Å². The molecule has 148 valence electrons. The third-order valence-corrected chi connectivity index (χ3v) is 6.57. The Morgan fingerprint density at radius 2 is 1.83 bits per heavy atom. The fraction of sp³-hybridized carbons (Fsp3) is 0.143. The van der Waals surface area contributed by atoms with Crippen LogP contribution in [0, 0.1) is 0 Å². The van der Waals surface area contributed by atoms with Crippen molar-refractivity contribution >= 4 is 43.3 Å². The van der Waals surface area contributed by atoms with Gasteiger partial charge in [0.2, 0.25) is 5.91 Å². The summed E-state index contributed by atoms with van der Waals surface area (Å²) in [5.41, 5.74) is 6.47. The van der Waals surface area contributed by atoms with E-state index in [1.165, 1.54) is 6.20 Å². The predicted molar refractivity (Wildman–Crippen MR) is 113 cm³/mol. The molecule has 0 saturated heterocycles. The van der Waals surface area contributed by atoms with Gasteiger partial charge in [-0.05, 0) is 29.7 Å². The minimum absolute atomic E-state index is 0.202. The van der Waals surface area contributed by atoms with E-state index in [4.69, 9.17) is 5.73 Å². The van der Waals surface area contributed by atoms with Gasteiger partial charge >= 0.3 is 0 Å². The molecule has 0 aliphatic heterocycles. The molecule has 0 atom stereocenters. The van der Waals surface area contributed by atoms with Crippen LogP contribution in [0.2, 0.25) is 0 Å². The first-order valence-corrected chi connectivity index (χ1v) is 10.5. The second-order valence-electron chi connectivity index (χ2n) is 6.85. The SMILES string of the molecule is CN(CCC(N)=O)c1ccc2cnn(S(=O)(=O)c3cccc4ccccc34)c2c1. The maximum atomic E-state index is 13.4. The van der Waals surface area contributed by atoms with E-state index in [0.717, 1.165) is 15.2 Å². The summed E-state index contributed by atoms with van der Waals surface area (Å²) in [4.78, 5) is 13.1. The Hall–Kier alpha value is -3.39. The minimum atomic E-state index is -3.90. The van der Waals surface area contributed by atoms with Crippen LogP contribution in [0.25, 0.3) is 21.7 Å². The van der Waals surface area contributed by atoms with Crippen LogP contribution in [0.15, 0.2) is 71.8 Å². The summed E-state index contributed by atoms with van der Waals surface area (Å²) in [6.45, 7) is 0.436. The number of carbonyl (C=O) groups excluding carboxylic acids is 1. The molecule has 7 nitrogen and oxygen atoms in total. The lowest BCUT2D eigenvalue weighted by atomic mass is 10.1. The number of nitrogens with two attached hydrogens (primary N) is 1. The van der Waals surface area contributed by atoms with Crippen LogP contribution >= 0.6 is 0 Å². The van der Waals surface area contributed by atoms with Crippen molar-refractivity contribution in [2.24, 2.45) is 5.73 Å². The van der Waals surface area contributed by atoms with Gasteiger partial charge in [-0.2, -0.15) is 17.6 Å². The number of nitrogens with zero attached hydrogens (tertiary/aromatic N) is 3. The lowest BCUT2D eigenvalue weighted by Gasteiger charge is -2.18. The fourth-order valence-electron chi connectivity index (χ4n) is 3.33. The van der Waals surface area contributed by atoms with Gasteiger partial charge in [0.05, 0.1) is 16.6 Å². The molecule has 1 heterocycles. The Balaban J connectivity index is 1.82. The van der Waals surface area contributed by atoms with Crippen LogP contribution in [0.1, 0.15) is 6.42 Å². The molecule has 8 heteroatoms. The first-order chi connectivity index (χ1) is 13.9. The molecule has 0 fully saturated rings. The molecule has 2 N–H and O–H groups in total. The second kappa shape index (κ2) is 7.21. The summed E-state index contributed by atoms with van der Waals surface area (Å²) in [5, 5.41) is 6.36. The van der Waals surface area contributed by atoms with E-state index < -0.39 is 10.0 Å². The maximum Gasteiger partial charge on any atom is 0.284 e. The van der Waals surface area contributed by atoms with Crippen molar-refractivity contribution in [2.45, 2.75) is 11.3 Å². The highest BCUT2D eigenvalue weighted by atomic mass is 32.2. The van der Waals surface area contributed by atoms with Gasteiger partial charge in [0.15, 0.2) is 0 Å². The van der Waals surface area contributed by atoms with Crippen molar-refractivity contribution in [3.8, 4) is 0 Å². The summed E-state index contributed by atoms with van der Waals surface area (Å²) in [7, 11) is -2.08. The molecule has 0 bridgehead atoms. The standard InChI is InChI=1S/C21H20N4O3S/c1-24(12-11-21(22)26)17-10-9-16-14-23-25(19(16)13-17)29(27,28)20-8-4-6-15-5-2-3-7-18(15)20/h2-10,13-14H,11-12H2,1H3,(H2,22,26). The lowest BCUT2D eigenvalue weighted by Crippen LogP contribution is -2.24. The topological polar surface area (TPSA) is 98.3 Å². The van der Waals surface area contributed by atoms with Crippen LogP contribution in [0.3, 0.4) is 0 Å². The third-order valence-electron chi connectivity index (χ3n) is 4.91. The fourth-order valence-corrected chi connectivity index (χ4v) is 4.82. The van der Waals surface area contributed by atoms with Crippen LogP contribution in [0.4, 0.5) is 5.69 Å². The average Bonchev–Trinajstić information content (AvgIpc) is 3.15. The quantitative estimate of drug-likeness (QED) is 0.529. The van der Waals surface area contributed by atoms with Crippen molar-refractivity contribution in [1.29, 1.82) is 0 Å². The molecule has 4 aromatic rings. The molecule has 1 aromatic heterocycles. The van der Waals surface area contributed by atoms with Gasteiger partial charge in [-0.15, -0.1) is 0 Å². The molecule has 4 rings (SSSR count). The molecule has 0 spiro atoms. The molecule has 0 unspecified atom stereocenters. The summed E-state index contributed by atoms with van der Waals surface area (Å²) < 4.78 is 28.0. The number of benzene rings is 3. The molecule has 1 amide bonds. The van der Waals surface area contributed by atoms with Crippen LogP contribution in [-0.4, -0.2) is 37.1 Å². The summed E-state index contributed by atoms with van der Waals surface area (Å²) in [5.74, 6) is -0.387. The molecular formula is C21H20N4O3S. The number of rotatable bonds is 6. The van der Waals surface area contributed by atoms with Crippen molar-refractivity contribution in [3.05, 3.63) is 66.9 Å². The highest BCUT2D eigenvalue weighted by molar-refractivity contribution is 7.90. The predicted octanol–water partition coefficient (Wildman–Crippen LogP) is 2.74. The number of aromatic nitrogens is 2. The zero-order valence-corrected chi connectivity index (χ0v) is 16.6. The number of hydrogen-bond donors (Lipinski definition) is 1. The van der Waals surface area contributed by atoms with Gasteiger partial charge < -0.3 is 10.6 Å². The third kappa shape index (κ3) is 3.42. The monoisotopic (exact) mass is 408 g/mol. The summed E-state index contributed by atoms with van der Waals surface area (Å²) in [6, 6.07) is 18.0. The first kappa shape index (κ1) is 18.9. The van der Waals surface area contributed by atoms with Crippen molar-refractivity contribution in [1.82, 2.24) is 9.19 Å². The zero-order valence-electron chi connectivity index (χ0n) is 15.8. The van der Waals surface area contributed by atoms with Crippen molar-refractivity contribution in [2.75, 3.05) is 18.5 Å². The van der Waals surface area contributed by atoms with Crippen molar-refractivity contribution in [3.63, 3.8) is 0 Å². The minimum Gasteiger partial charge on any atom is -0.374 e. The van der Waals surface area contributed by atoms with E-state index in [-0.39, 0.29) is 17.2 Å². The molecule has 0 radical (unpaired) electrons. The van der Waals surface area contributed by atoms with Gasteiger partial charge in [-0.25, -0.2) is 0 Å². The largest absolute Gasteiger partial charge is 0.374 e. The first-order valence-electron chi connectivity index (χ1n) is 9.08. The van der Waals surface area contributed by atoms with E-state index in [9.17, 15) is 13.2 Å². The van der Waals surface area contributed by atoms with E-state index in [1.807, 2.05) is 48.3 Å². The van der Waals surface area contributed by atoms with Crippen LogP contribution in [0.5, 0.6) is 0 Å². The highest BCUT2D eigenvalue weighted by Gasteiger charge is 2.23. The molecular weight excluding hydrogens is 388 g/mol. The number of carbonyl (C=O) groups is 1. The smallest absolute Gasteiger partial charge is 0.284 e. The second-order valence-corrected chi connectivity index (χ2v) is 8.59. The molecule has 29 heavy (non-hydrogen) atoms. The Labute approximate surface area is 168 Å². The van der Waals surface area contributed by atoms with Crippen LogP contribution < -0.4 is 10.6 Å². The maximum absolute atomic E-state index is 13.4. The molecule has 0 saturated carbocycles. The zero-order chi connectivity index (χ0) is 20.6. The van der Waals surface area contributed by atoms with E-state index in [0.29, 0.717) is 22.8 Å². The Morgan fingerprint density at radius 1 is 1.07 bits per heavy atom. The molecule has 0 aliphatic rings. The normalized spacial score (nSPS) is 11.8. The van der Waals surface area contributed by atoms with Gasteiger partial charge in [0.1, 0.15) is 0 Å². The van der Waals surface area contributed by atoms with Gasteiger partial charge in [0, 0.05) is 36.5 Å². The van der Waals surface area contributed by atoms with E-state index >= 15 is 0 Å². The highest BCUT2D eigenvalue weighted by Crippen LogP contribution is 2.28. The average molecular weight is 408 g/mol. The van der Waals surface area contributed by atoms with Gasteiger partial charge in [-0.1, -0.05) is 36.4 Å². The lowest BCUT2D eigenvalue weighted by molar-refractivity contribution is -0.117. The number of amides is 1. The van der Waals surface area contributed by atoms with Crippen molar-refractivity contribution < 1.29 is 13.2 Å². The number of primary amides is 1. The molecule has 3 aromatic carbocycles. The molecule has 0 aliphatic carbocycles. The number of anilines is 1. The Bertz CT molecular complexity index is 1320. The number of hydrogen-bond acceptors (Lipinski definition) is 5.